The normalized spacial score (nSPS) is 14.4. The van der Waals surface area contributed by atoms with Crippen LogP contribution in [0, 0.1) is 6.92 Å². The van der Waals surface area contributed by atoms with Gasteiger partial charge in [0.05, 0.1) is 11.4 Å². The summed E-state index contributed by atoms with van der Waals surface area (Å²) < 4.78 is 47.9. The number of aromatic nitrogens is 3. The molecule has 7 nitrogen and oxygen atoms in total. The Balaban J connectivity index is 1.50. The summed E-state index contributed by atoms with van der Waals surface area (Å²) in [4.78, 5) is 20.8. The highest BCUT2D eigenvalue weighted by Crippen LogP contribution is 2.36. The molecule has 10 heteroatoms. The molecule has 2 aromatic heterocycles. The van der Waals surface area contributed by atoms with Crippen LogP contribution in [0.1, 0.15) is 33.2 Å². The molecule has 1 aliphatic heterocycles. The van der Waals surface area contributed by atoms with E-state index in [-0.39, 0.29) is 18.0 Å². The number of alkyl halides is 3. The van der Waals surface area contributed by atoms with Gasteiger partial charge in [0.1, 0.15) is 5.52 Å². The molecule has 0 N–H and O–H groups in total. The Labute approximate surface area is 193 Å². The van der Waals surface area contributed by atoms with Crippen molar-refractivity contribution in [3.8, 4) is 5.69 Å². The molecule has 3 heterocycles. The first-order valence-corrected chi connectivity index (χ1v) is 10.7. The predicted octanol–water partition coefficient (Wildman–Crippen LogP) is 4.61. The zero-order valence-corrected chi connectivity index (χ0v) is 18.8. The average molecular weight is 469 g/mol. The van der Waals surface area contributed by atoms with Crippen LogP contribution in [0.2, 0.25) is 0 Å². The Morgan fingerprint density at radius 1 is 1.18 bits per heavy atom. The molecule has 0 aliphatic carbocycles. The van der Waals surface area contributed by atoms with E-state index in [1.54, 1.807) is 63.5 Å². The Kier molecular flexibility index (Phi) is 5.20. The van der Waals surface area contributed by atoms with Gasteiger partial charge in [0, 0.05) is 56.4 Å². The summed E-state index contributed by atoms with van der Waals surface area (Å²) >= 11 is 0. The number of nitrogens with zero attached hydrogens (tertiary/aromatic N) is 5. The molecule has 0 bridgehead atoms. The first-order chi connectivity index (χ1) is 16.1. The van der Waals surface area contributed by atoms with Gasteiger partial charge in [-0.1, -0.05) is 6.07 Å². The van der Waals surface area contributed by atoms with Crippen molar-refractivity contribution in [1.82, 2.24) is 19.7 Å². The molecule has 176 valence electrons. The molecule has 0 spiro atoms. The van der Waals surface area contributed by atoms with Crippen LogP contribution < -0.4 is 4.90 Å². The van der Waals surface area contributed by atoms with Crippen LogP contribution >= 0.6 is 0 Å². The minimum Gasteiger partial charge on any atom is -0.441 e. The molecule has 0 saturated heterocycles. The number of likely N-dealkylation sites (N-methyl/N-ethyl adjacent to an activating group) is 1. The molecule has 1 aliphatic rings. The number of fused-ring (bicyclic) bond motifs is 2. The van der Waals surface area contributed by atoms with Gasteiger partial charge in [0.15, 0.2) is 17.2 Å². The molecule has 0 radical (unpaired) electrons. The fraction of sp³-hybridized carbons (Fsp3) is 0.292. The maximum atomic E-state index is 13.7. The van der Waals surface area contributed by atoms with Crippen LogP contribution in [0.4, 0.5) is 18.9 Å². The Morgan fingerprint density at radius 3 is 2.74 bits per heavy atom. The van der Waals surface area contributed by atoms with Gasteiger partial charge in [-0.25, -0.2) is 9.67 Å². The van der Waals surface area contributed by atoms with Crippen LogP contribution in [0.5, 0.6) is 0 Å². The van der Waals surface area contributed by atoms with Crippen LogP contribution in [-0.4, -0.2) is 46.2 Å². The molecule has 2 aromatic carbocycles. The minimum atomic E-state index is -4.56. The number of hydrogen-bond acceptors (Lipinski definition) is 5. The topological polar surface area (TPSA) is 67.4 Å². The summed E-state index contributed by atoms with van der Waals surface area (Å²) in [5.74, 6) is 0.218. The summed E-state index contributed by atoms with van der Waals surface area (Å²) in [6.07, 6.45) is -4.12. The second-order valence-corrected chi connectivity index (χ2v) is 8.47. The summed E-state index contributed by atoms with van der Waals surface area (Å²) in [6, 6.07) is 11.8. The summed E-state index contributed by atoms with van der Waals surface area (Å²) in [7, 11) is 3.42. The van der Waals surface area contributed by atoms with Crippen molar-refractivity contribution < 1.29 is 22.4 Å². The van der Waals surface area contributed by atoms with E-state index in [1.807, 2.05) is 4.90 Å². The van der Waals surface area contributed by atoms with Gasteiger partial charge < -0.3 is 14.2 Å². The lowest BCUT2D eigenvalue weighted by Crippen LogP contribution is -2.28. The zero-order valence-electron chi connectivity index (χ0n) is 18.8. The molecular weight excluding hydrogens is 447 g/mol. The molecule has 0 saturated carbocycles. The second kappa shape index (κ2) is 7.98. The molecule has 0 unspecified atom stereocenters. The number of carbonyl (C=O) groups excluding carboxylic acids is 1. The van der Waals surface area contributed by atoms with Crippen LogP contribution in [0.25, 0.3) is 16.8 Å². The van der Waals surface area contributed by atoms with Crippen molar-refractivity contribution in [3.63, 3.8) is 0 Å². The van der Waals surface area contributed by atoms with Gasteiger partial charge in [-0.05, 0) is 37.4 Å². The summed E-state index contributed by atoms with van der Waals surface area (Å²) in [5.41, 5.74) is 2.45. The number of rotatable bonds is 3. The maximum Gasteiger partial charge on any atom is 0.435 e. The molecule has 0 atom stereocenters. The molecule has 0 fully saturated rings. The van der Waals surface area contributed by atoms with Crippen molar-refractivity contribution in [2.75, 3.05) is 25.5 Å². The second-order valence-electron chi connectivity index (χ2n) is 8.47. The Morgan fingerprint density at radius 2 is 1.97 bits per heavy atom. The SMILES string of the molecule is Cc1nc2ccc(N(C)C(=O)c3cccc(-n4nc(C(F)(F)F)c5c4CCN(C)C5)c3)cc2o1. The number of halogens is 3. The van der Waals surface area contributed by atoms with Gasteiger partial charge in [-0.15, -0.1) is 0 Å². The number of benzene rings is 2. The van der Waals surface area contributed by atoms with Gasteiger partial charge >= 0.3 is 6.18 Å². The van der Waals surface area contributed by atoms with Gasteiger partial charge in [0.25, 0.3) is 5.91 Å². The number of carbonyl (C=O) groups is 1. The smallest absolute Gasteiger partial charge is 0.435 e. The van der Waals surface area contributed by atoms with Gasteiger partial charge in [0.2, 0.25) is 0 Å². The lowest BCUT2D eigenvalue weighted by molar-refractivity contribution is -0.142. The molecule has 5 rings (SSSR count). The lowest BCUT2D eigenvalue weighted by Gasteiger charge is -2.24. The number of anilines is 1. The Hall–Kier alpha value is -3.66. The number of amides is 1. The van der Waals surface area contributed by atoms with Crippen molar-refractivity contribution in [1.29, 1.82) is 0 Å². The van der Waals surface area contributed by atoms with Gasteiger partial charge in [-0.3, -0.25) is 4.79 Å². The molecule has 4 aromatic rings. The quantitative estimate of drug-likeness (QED) is 0.439. The predicted molar refractivity (Wildman–Crippen MR) is 120 cm³/mol. The first kappa shape index (κ1) is 22.1. The van der Waals surface area contributed by atoms with Crippen LogP contribution in [-0.2, 0) is 19.1 Å². The largest absolute Gasteiger partial charge is 0.441 e. The van der Waals surface area contributed by atoms with Crippen molar-refractivity contribution >= 4 is 22.7 Å². The highest BCUT2D eigenvalue weighted by Gasteiger charge is 2.40. The van der Waals surface area contributed by atoms with E-state index in [0.717, 1.165) is 0 Å². The van der Waals surface area contributed by atoms with E-state index < -0.39 is 11.9 Å². The first-order valence-electron chi connectivity index (χ1n) is 10.7. The third-order valence-electron chi connectivity index (χ3n) is 6.03. The van der Waals surface area contributed by atoms with Crippen molar-refractivity contribution in [2.45, 2.75) is 26.1 Å². The maximum absolute atomic E-state index is 13.7. The highest BCUT2D eigenvalue weighted by atomic mass is 19.4. The fourth-order valence-electron chi connectivity index (χ4n) is 4.31. The fourth-order valence-corrected chi connectivity index (χ4v) is 4.31. The monoisotopic (exact) mass is 469 g/mol. The van der Waals surface area contributed by atoms with Crippen LogP contribution in [0.3, 0.4) is 0 Å². The third kappa shape index (κ3) is 3.83. The lowest BCUT2D eigenvalue weighted by atomic mass is 10.0. The van der Waals surface area contributed by atoms with E-state index in [0.29, 0.717) is 52.6 Å². The summed E-state index contributed by atoms with van der Waals surface area (Å²) in [5, 5.41) is 3.93. The zero-order chi connectivity index (χ0) is 24.2. The molecular formula is C24H22F3N5O2. The van der Waals surface area contributed by atoms with Gasteiger partial charge in [-0.2, -0.15) is 18.3 Å². The Bertz CT molecular complexity index is 1410. The number of oxazole rings is 1. The van der Waals surface area contributed by atoms with Crippen molar-refractivity contribution in [3.05, 3.63) is 70.9 Å². The van der Waals surface area contributed by atoms with E-state index in [9.17, 15) is 18.0 Å². The number of aryl methyl sites for hydroxylation is 1. The van der Waals surface area contributed by atoms with E-state index in [4.69, 9.17) is 4.42 Å². The van der Waals surface area contributed by atoms with E-state index in [2.05, 4.69) is 10.1 Å². The van der Waals surface area contributed by atoms with E-state index in [1.165, 1.54) is 9.58 Å². The minimum absolute atomic E-state index is 0.176. The van der Waals surface area contributed by atoms with Crippen LogP contribution in [0.15, 0.2) is 46.9 Å². The standard InChI is InChI=1S/C24H22F3N5O2/c1-14-28-19-8-7-16(12-21(19)34-14)31(3)23(33)15-5-4-6-17(11-15)32-20-9-10-30(2)13-18(20)22(29-32)24(25,26)27/h4-8,11-12H,9-10,13H2,1-3H3. The molecule has 34 heavy (non-hydrogen) atoms. The highest BCUT2D eigenvalue weighted by molar-refractivity contribution is 6.06. The van der Waals surface area contributed by atoms with Crippen molar-refractivity contribution in [2.24, 2.45) is 0 Å². The van der Waals surface area contributed by atoms with E-state index >= 15 is 0 Å². The summed E-state index contributed by atoms with van der Waals surface area (Å²) in [6.45, 7) is 2.55. The molecule has 1 amide bonds. The average Bonchev–Trinajstić information content (AvgIpc) is 3.36. The third-order valence-corrected chi connectivity index (χ3v) is 6.03. The number of hydrogen-bond donors (Lipinski definition) is 0.